The van der Waals surface area contributed by atoms with Crippen LogP contribution in [0, 0.1) is 6.92 Å². The van der Waals surface area contributed by atoms with Crippen LogP contribution < -0.4 is 0 Å². The second kappa shape index (κ2) is 7.02. The predicted molar refractivity (Wildman–Crippen MR) is 89.3 cm³/mol. The lowest BCUT2D eigenvalue weighted by atomic mass is 9.91. The van der Waals surface area contributed by atoms with Crippen molar-refractivity contribution in [3.8, 4) is 0 Å². The van der Waals surface area contributed by atoms with Crippen LogP contribution in [0.15, 0.2) is 24.3 Å². The molecule has 0 saturated carbocycles. The third kappa shape index (κ3) is 4.98. The largest absolute Gasteiger partial charge is 0.467 e. The van der Waals surface area contributed by atoms with Crippen molar-refractivity contribution >= 4 is 12.1 Å². The maximum absolute atomic E-state index is 12.4. The normalized spacial score (nSPS) is 13.9. The highest BCUT2D eigenvalue weighted by Gasteiger charge is 2.43. The molecule has 1 aromatic rings. The standard InChI is InChI=1S/C18H27NO4/c1-13-9-8-10-14(11-13)12-18(5,15(20)22-7)19(6)16(21)23-17(2,3)4/h8-11H,12H2,1-7H3. The zero-order valence-electron chi connectivity index (χ0n) is 15.1. The maximum Gasteiger partial charge on any atom is 0.410 e. The van der Waals surface area contributed by atoms with Crippen molar-refractivity contribution in [2.24, 2.45) is 0 Å². The molecule has 0 bridgehead atoms. The van der Waals surface area contributed by atoms with Gasteiger partial charge in [-0.1, -0.05) is 29.8 Å². The summed E-state index contributed by atoms with van der Waals surface area (Å²) in [5.41, 5.74) is 0.263. The highest BCUT2D eigenvalue weighted by molar-refractivity contribution is 5.85. The fraction of sp³-hybridized carbons (Fsp3) is 0.556. The van der Waals surface area contributed by atoms with Crippen molar-refractivity contribution in [1.82, 2.24) is 4.90 Å². The molecule has 0 aliphatic rings. The van der Waals surface area contributed by atoms with E-state index in [-0.39, 0.29) is 0 Å². The summed E-state index contributed by atoms with van der Waals surface area (Å²) in [5, 5.41) is 0. The number of ether oxygens (including phenoxy) is 2. The number of hydrogen-bond donors (Lipinski definition) is 0. The molecule has 0 radical (unpaired) electrons. The van der Waals surface area contributed by atoms with E-state index in [0.717, 1.165) is 11.1 Å². The van der Waals surface area contributed by atoms with Gasteiger partial charge in [0.15, 0.2) is 0 Å². The average molecular weight is 321 g/mol. The van der Waals surface area contributed by atoms with Gasteiger partial charge in [0.2, 0.25) is 0 Å². The molecule has 128 valence electrons. The molecule has 0 spiro atoms. The SMILES string of the molecule is COC(=O)C(C)(Cc1cccc(C)c1)N(C)C(=O)OC(C)(C)C. The number of esters is 1. The van der Waals surface area contributed by atoms with Gasteiger partial charge in [-0.15, -0.1) is 0 Å². The van der Waals surface area contributed by atoms with E-state index in [1.54, 1.807) is 34.7 Å². The van der Waals surface area contributed by atoms with E-state index in [2.05, 4.69) is 0 Å². The molecule has 23 heavy (non-hydrogen) atoms. The van der Waals surface area contributed by atoms with Gasteiger partial charge in [-0.25, -0.2) is 9.59 Å². The second-order valence-corrected chi connectivity index (χ2v) is 6.97. The van der Waals surface area contributed by atoms with Crippen LogP contribution in [-0.4, -0.2) is 42.3 Å². The van der Waals surface area contributed by atoms with Gasteiger partial charge in [0, 0.05) is 13.5 Å². The summed E-state index contributed by atoms with van der Waals surface area (Å²) in [7, 11) is 2.88. The Labute approximate surface area is 138 Å². The molecule has 0 aromatic heterocycles. The van der Waals surface area contributed by atoms with Crippen LogP contribution >= 0.6 is 0 Å². The molecule has 0 N–H and O–H groups in total. The predicted octanol–water partition coefficient (Wildman–Crippen LogP) is 3.34. The van der Waals surface area contributed by atoms with Crippen molar-refractivity contribution in [2.75, 3.05) is 14.2 Å². The number of aryl methyl sites for hydroxylation is 1. The molecule has 5 nitrogen and oxygen atoms in total. The Hall–Kier alpha value is -2.04. The second-order valence-electron chi connectivity index (χ2n) is 6.97. The summed E-state index contributed by atoms with van der Waals surface area (Å²) < 4.78 is 10.3. The number of benzene rings is 1. The number of carbonyl (C=O) groups is 2. The minimum absolute atomic E-state index is 0.344. The molecule has 0 aliphatic carbocycles. The average Bonchev–Trinajstić information content (AvgIpc) is 2.43. The van der Waals surface area contributed by atoms with Gasteiger partial charge in [-0.3, -0.25) is 4.90 Å². The first-order valence-corrected chi connectivity index (χ1v) is 7.60. The zero-order chi connectivity index (χ0) is 17.8. The Morgan fingerprint density at radius 2 is 1.78 bits per heavy atom. The Morgan fingerprint density at radius 1 is 1.17 bits per heavy atom. The van der Waals surface area contributed by atoms with Crippen molar-refractivity contribution < 1.29 is 19.1 Å². The molecule has 1 rings (SSSR count). The highest BCUT2D eigenvalue weighted by Crippen LogP contribution is 2.24. The summed E-state index contributed by atoms with van der Waals surface area (Å²) >= 11 is 0. The molecule has 0 aliphatic heterocycles. The molecule has 0 saturated heterocycles. The molecule has 5 heteroatoms. The molecule has 1 unspecified atom stereocenters. The Kier molecular flexibility index (Phi) is 5.81. The molecule has 1 amide bonds. The van der Waals surface area contributed by atoms with Gasteiger partial charge in [-0.05, 0) is 40.2 Å². The first-order valence-electron chi connectivity index (χ1n) is 7.60. The Balaban J connectivity index is 3.11. The van der Waals surface area contributed by atoms with Crippen molar-refractivity contribution in [3.63, 3.8) is 0 Å². The Bertz CT molecular complexity index is 577. The lowest BCUT2D eigenvalue weighted by molar-refractivity contribution is -0.153. The maximum atomic E-state index is 12.4. The monoisotopic (exact) mass is 321 g/mol. The number of rotatable bonds is 4. The van der Waals surface area contributed by atoms with E-state index in [9.17, 15) is 9.59 Å². The van der Waals surface area contributed by atoms with Crippen LogP contribution in [0.25, 0.3) is 0 Å². The van der Waals surface area contributed by atoms with Gasteiger partial charge in [0.25, 0.3) is 0 Å². The van der Waals surface area contributed by atoms with E-state index in [4.69, 9.17) is 9.47 Å². The van der Waals surface area contributed by atoms with Gasteiger partial charge in [0.05, 0.1) is 7.11 Å². The number of nitrogens with zero attached hydrogens (tertiary/aromatic N) is 1. The molecule has 1 atom stereocenters. The molecular formula is C18H27NO4. The van der Waals surface area contributed by atoms with Crippen LogP contribution in [0.2, 0.25) is 0 Å². The number of hydrogen-bond acceptors (Lipinski definition) is 4. The van der Waals surface area contributed by atoms with Crippen LogP contribution in [0.5, 0.6) is 0 Å². The van der Waals surface area contributed by atoms with Crippen LogP contribution in [-0.2, 0) is 20.7 Å². The van der Waals surface area contributed by atoms with Crippen molar-refractivity contribution in [2.45, 2.75) is 52.2 Å². The fourth-order valence-corrected chi connectivity index (χ4v) is 2.30. The van der Waals surface area contributed by atoms with E-state index in [0.29, 0.717) is 6.42 Å². The summed E-state index contributed by atoms with van der Waals surface area (Å²) in [6.07, 6.45) is -0.213. The molecular weight excluding hydrogens is 294 g/mol. The summed E-state index contributed by atoms with van der Waals surface area (Å²) in [6.45, 7) is 9.03. The minimum atomic E-state index is -1.15. The van der Waals surface area contributed by atoms with Crippen LogP contribution in [0.3, 0.4) is 0 Å². The topological polar surface area (TPSA) is 55.8 Å². The lowest BCUT2D eigenvalue weighted by Gasteiger charge is -2.37. The zero-order valence-corrected chi connectivity index (χ0v) is 15.1. The number of methoxy groups -OCH3 is 1. The third-order valence-electron chi connectivity index (χ3n) is 3.66. The fourth-order valence-electron chi connectivity index (χ4n) is 2.30. The summed E-state index contributed by atoms with van der Waals surface area (Å²) in [5.74, 6) is -0.479. The summed E-state index contributed by atoms with van der Waals surface area (Å²) in [6, 6.07) is 7.83. The van der Waals surface area contributed by atoms with Crippen LogP contribution in [0.4, 0.5) is 4.79 Å². The number of amides is 1. The molecule has 0 heterocycles. The quantitative estimate of drug-likeness (QED) is 0.798. The highest BCUT2D eigenvalue weighted by atomic mass is 16.6. The van der Waals surface area contributed by atoms with Crippen molar-refractivity contribution in [1.29, 1.82) is 0 Å². The number of carbonyl (C=O) groups excluding carboxylic acids is 2. The number of likely N-dealkylation sites (N-methyl/N-ethyl adjacent to an activating group) is 1. The molecule has 0 fully saturated rings. The van der Waals surface area contributed by atoms with Gasteiger partial charge < -0.3 is 9.47 Å². The van der Waals surface area contributed by atoms with Gasteiger partial charge in [-0.2, -0.15) is 0 Å². The first kappa shape index (κ1) is 19.0. The van der Waals surface area contributed by atoms with E-state index in [1.807, 2.05) is 31.2 Å². The lowest BCUT2D eigenvalue weighted by Crippen LogP contribution is -2.56. The minimum Gasteiger partial charge on any atom is -0.467 e. The first-order chi connectivity index (χ1) is 10.5. The van der Waals surface area contributed by atoms with Crippen LogP contribution in [0.1, 0.15) is 38.8 Å². The van der Waals surface area contributed by atoms with Crippen molar-refractivity contribution in [3.05, 3.63) is 35.4 Å². The van der Waals surface area contributed by atoms with Gasteiger partial charge in [0.1, 0.15) is 11.1 Å². The van der Waals surface area contributed by atoms with E-state index in [1.165, 1.54) is 12.0 Å². The van der Waals surface area contributed by atoms with E-state index < -0.39 is 23.2 Å². The van der Waals surface area contributed by atoms with Gasteiger partial charge >= 0.3 is 12.1 Å². The Morgan fingerprint density at radius 3 is 2.26 bits per heavy atom. The smallest absolute Gasteiger partial charge is 0.410 e. The third-order valence-corrected chi connectivity index (χ3v) is 3.66. The molecule has 1 aromatic carbocycles. The summed E-state index contributed by atoms with van der Waals surface area (Å²) in [4.78, 5) is 26.1. The van der Waals surface area contributed by atoms with E-state index >= 15 is 0 Å².